The minimum absolute atomic E-state index is 0.139. The first-order valence-corrected chi connectivity index (χ1v) is 11.7. The van der Waals surface area contributed by atoms with Gasteiger partial charge in [-0.2, -0.15) is 0 Å². The molecule has 0 saturated heterocycles. The van der Waals surface area contributed by atoms with Crippen LogP contribution in [0.25, 0.3) is 0 Å². The molecule has 0 radical (unpaired) electrons. The van der Waals surface area contributed by atoms with Crippen LogP contribution in [0.5, 0.6) is 11.5 Å². The third kappa shape index (κ3) is 6.66. The average Bonchev–Trinajstić information content (AvgIpc) is 2.74. The zero-order valence-corrected chi connectivity index (χ0v) is 18.8. The Labute approximate surface area is 179 Å². The van der Waals surface area contributed by atoms with Crippen LogP contribution in [-0.2, 0) is 27.8 Å². The van der Waals surface area contributed by atoms with E-state index >= 15 is 0 Å². The van der Waals surface area contributed by atoms with Gasteiger partial charge in [-0.3, -0.25) is 9.10 Å². The monoisotopic (exact) mass is 434 g/mol. The van der Waals surface area contributed by atoms with Gasteiger partial charge in [-0.25, -0.2) is 8.42 Å². The summed E-state index contributed by atoms with van der Waals surface area (Å²) < 4.78 is 36.2. The van der Waals surface area contributed by atoms with Crippen LogP contribution >= 0.6 is 0 Å². The molecule has 7 nitrogen and oxygen atoms in total. The summed E-state index contributed by atoms with van der Waals surface area (Å²) in [6.07, 6.45) is 2.71. The lowest BCUT2D eigenvalue weighted by Crippen LogP contribution is -2.32. The molecule has 2 aromatic rings. The summed E-state index contributed by atoms with van der Waals surface area (Å²) in [6.45, 7) is 2.64. The Hall–Kier alpha value is -2.74. The number of nitrogens with zero attached hydrogens (tertiary/aromatic N) is 1. The van der Waals surface area contributed by atoms with Crippen LogP contribution in [0.1, 0.15) is 30.9 Å². The van der Waals surface area contributed by atoms with E-state index in [-0.39, 0.29) is 18.9 Å². The number of nitrogens with one attached hydrogen (secondary N) is 1. The van der Waals surface area contributed by atoms with Gasteiger partial charge in [0, 0.05) is 19.5 Å². The normalized spacial score (nSPS) is 11.1. The Morgan fingerprint density at radius 3 is 2.20 bits per heavy atom. The van der Waals surface area contributed by atoms with Gasteiger partial charge in [0.1, 0.15) is 0 Å². The van der Waals surface area contributed by atoms with Gasteiger partial charge in [0.25, 0.3) is 0 Å². The van der Waals surface area contributed by atoms with Gasteiger partial charge in [-0.15, -0.1) is 0 Å². The first kappa shape index (κ1) is 23.5. The van der Waals surface area contributed by atoms with Crippen molar-refractivity contribution < 1.29 is 22.7 Å². The number of amides is 1. The van der Waals surface area contributed by atoms with Crippen molar-refractivity contribution in [1.29, 1.82) is 0 Å². The highest BCUT2D eigenvalue weighted by Crippen LogP contribution is 2.27. The molecule has 0 unspecified atom stereocenters. The summed E-state index contributed by atoms with van der Waals surface area (Å²) in [4.78, 5) is 12.2. The molecule has 164 valence electrons. The standard InChI is InChI=1S/C22H30N2O5S/c1-5-17-8-11-19(12-9-17)24(30(4,26)27)14-6-7-22(25)23-16-18-10-13-20(28-2)21(15-18)29-3/h8-13,15H,5-7,14,16H2,1-4H3,(H,23,25). The van der Waals surface area contributed by atoms with E-state index in [0.29, 0.717) is 30.2 Å². The van der Waals surface area contributed by atoms with E-state index in [4.69, 9.17) is 9.47 Å². The number of ether oxygens (including phenoxy) is 2. The number of aryl methyl sites for hydroxylation is 1. The molecular weight excluding hydrogens is 404 g/mol. The number of carbonyl (C=O) groups is 1. The van der Waals surface area contributed by atoms with Crippen molar-refractivity contribution in [2.24, 2.45) is 0 Å². The fourth-order valence-electron chi connectivity index (χ4n) is 3.05. The second kappa shape index (κ2) is 10.9. The summed E-state index contributed by atoms with van der Waals surface area (Å²) in [7, 11) is -0.303. The molecule has 0 aliphatic rings. The van der Waals surface area contributed by atoms with E-state index in [1.54, 1.807) is 32.4 Å². The fourth-order valence-corrected chi connectivity index (χ4v) is 4.01. The molecule has 0 atom stereocenters. The van der Waals surface area contributed by atoms with E-state index in [1.165, 1.54) is 10.6 Å². The average molecular weight is 435 g/mol. The Kier molecular flexibility index (Phi) is 8.53. The van der Waals surface area contributed by atoms with Crippen molar-refractivity contribution in [3.8, 4) is 11.5 Å². The van der Waals surface area contributed by atoms with Crippen LogP contribution in [-0.4, -0.2) is 41.3 Å². The summed E-state index contributed by atoms with van der Waals surface area (Å²) in [6, 6.07) is 12.9. The first-order valence-electron chi connectivity index (χ1n) is 9.82. The molecule has 0 aliphatic heterocycles. The Morgan fingerprint density at radius 2 is 1.63 bits per heavy atom. The lowest BCUT2D eigenvalue weighted by Gasteiger charge is -2.22. The van der Waals surface area contributed by atoms with E-state index < -0.39 is 10.0 Å². The minimum Gasteiger partial charge on any atom is -0.493 e. The molecule has 0 spiro atoms. The Morgan fingerprint density at radius 1 is 1.00 bits per heavy atom. The molecule has 2 rings (SSSR count). The smallest absolute Gasteiger partial charge is 0.232 e. The SMILES string of the molecule is CCc1ccc(N(CCCC(=O)NCc2ccc(OC)c(OC)c2)S(C)(=O)=O)cc1. The maximum Gasteiger partial charge on any atom is 0.232 e. The highest BCUT2D eigenvalue weighted by molar-refractivity contribution is 7.92. The van der Waals surface area contributed by atoms with Crippen LogP contribution in [0, 0.1) is 0 Å². The van der Waals surface area contributed by atoms with Crippen molar-refractivity contribution in [2.75, 3.05) is 31.3 Å². The van der Waals surface area contributed by atoms with Gasteiger partial charge in [-0.1, -0.05) is 25.1 Å². The highest BCUT2D eigenvalue weighted by atomic mass is 32.2. The largest absolute Gasteiger partial charge is 0.493 e. The van der Waals surface area contributed by atoms with Crippen LogP contribution in [0.4, 0.5) is 5.69 Å². The quantitative estimate of drug-likeness (QED) is 0.587. The van der Waals surface area contributed by atoms with E-state index in [2.05, 4.69) is 5.32 Å². The molecule has 0 saturated carbocycles. The number of benzene rings is 2. The molecule has 0 bridgehead atoms. The lowest BCUT2D eigenvalue weighted by molar-refractivity contribution is -0.121. The van der Waals surface area contributed by atoms with Gasteiger partial charge in [0.2, 0.25) is 15.9 Å². The number of hydrogen-bond acceptors (Lipinski definition) is 5. The molecule has 0 aromatic heterocycles. The van der Waals surface area contributed by atoms with Gasteiger partial charge in [-0.05, 0) is 48.2 Å². The number of carbonyl (C=O) groups excluding carboxylic acids is 1. The molecule has 1 amide bonds. The summed E-state index contributed by atoms with van der Waals surface area (Å²) in [5.41, 5.74) is 2.64. The van der Waals surface area contributed by atoms with Crippen LogP contribution in [0.3, 0.4) is 0 Å². The number of methoxy groups -OCH3 is 2. The molecular formula is C22H30N2O5S. The van der Waals surface area contributed by atoms with Gasteiger partial charge >= 0.3 is 0 Å². The second-order valence-corrected chi connectivity index (χ2v) is 8.83. The highest BCUT2D eigenvalue weighted by Gasteiger charge is 2.17. The third-order valence-electron chi connectivity index (χ3n) is 4.74. The number of rotatable bonds is 11. The third-order valence-corrected chi connectivity index (χ3v) is 5.93. The summed E-state index contributed by atoms with van der Waals surface area (Å²) >= 11 is 0. The molecule has 0 fully saturated rings. The first-order chi connectivity index (χ1) is 14.3. The maximum atomic E-state index is 12.2. The van der Waals surface area contributed by atoms with Crippen molar-refractivity contribution in [1.82, 2.24) is 5.32 Å². The number of hydrogen-bond donors (Lipinski definition) is 1. The van der Waals surface area contributed by atoms with Crippen molar-refractivity contribution in [2.45, 2.75) is 32.7 Å². The minimum atomic E-state index is -3.43. The summed E-state index contributed by atoms with van der Waals surface area (Å²) in [5, 5.41) is 2.85. The van der Waals surface area contributed by atoms with Crippen molar-refractivity contribution in [3.63, 3.8) is 0 Å². The van der Waals surface area contributed by atoms with Gasteiger partial charge in [0.05, 0.1) is 26.2 Å². The maximum absolute atomic E-state index is 12.2. The number of sulfonamides is 1. The van der Waals surface area contributed by atoms with Gasteiger partial charge < -0.3 is 14.8 Å². The molecule has 8 heteroatoms. The zero-order valence-electron chi connectivity index (χ0n) is 18.0. The van der Waals surface area contributed by atoms with E-state index in [9.17, 15) is 13.2 Å². The Balaban J connectivity index is 1.89. The predicted octanol–water partition coefficient (Wildman–Crippen LogP) is 3.13. The number of anilines is 1. The fraction of sp³-hybridized carbons (Fsp3) is 0.409. The molecule has 2 aromatic carbocycles. The van der Waals surface area contributed by atoms with E-state index in [0.717, 1.165) is 17.5 Å². The predicted molar refractivity (Wildman–Crippen MR) is 119 cm³/mol. The van der Waals surface area contributed by atoms with Crippen LogP contribution in [0.15, 0.2) is 42.5 Å². The second-order valence-electron chi connectivity index (χ2n) is 6.92. The van der Waals surface area contributed by atoms with Crippen LogP contribution in [0.2, 0.25) is 0 Å². The summed E-state index contributed by atoms with van der Waals surface area (Å²) in [5.74, 6) is 1.09. The van der Waals surface area contributed by atoms with Crippen LogP contribution < -0.4 is 19.1 Å². The lowest BCUT2D eigenvalue weighted by atomic mass is 10.1. The van der Waals surface area contributed by atoms with Crippen molar-refractivity contribution in [3.05, 3.63) is 53.6 Å². The van der Waals surface area contributed by atoms with E-state index in [1.807, 2.05) is 31.2 Å². The topological polar surface area (TPSA) is 84.9 Å². The molecule has 30 heavy (non-hydrogen) atoms. The Bertz CT molecular complexity index is 943. The molecule has 0 aliphatic carbocycles. The molecule has 1 N–H and O–H groups in total. The van der Waals surface area contributed by atoms with Crippen molar-refractivity contribution >= 4 is 21.6 Å². The van der Waals surface area contributed by atoms with Gasteiger partial charge in [0.15, 0.2) is 11.5 Å². The molecule has 0 heterocycles. The zero-order chi connectivity index (χ0) is 22.1.